The van der Waals surface area contributed by atoms with Crippen LogP contribution in [0.5, 0.6) is 0 Å². The zero-order valence-corrected chi connectivity index (χ0v) is 11.5. The Labute approximate surface area is 119 Å². The molecule has 1 atom stereocenters. The number of nitrogens with zero attached hydrogens (tertiary/aromatic N) is 3. The van der Waals surface area contributed by atoms with Crippen molar-refractivity contribution in [2.75, 3.05) is 19.8 Å². The third-order valence-corrected chi connectivity index (χ3v) is 3.62. The number of aromatic nitrogens is 3. The lowest BCUT2D eigenvalue weighted by molar-refractivity contribution is 0.185. The highest BCUT2D eigenvalue weighted by atomic mass is 16.5. The van der Waals surface area contributed by atoms with Gasteiger partial charge in [-0.3, -0.25) is 0 Å². The molecule has 1 aromatic carbocycles. The summed E-state index contributed by atoms with van der Waals surface area (Å²) in [6.07, 6.45) is 4.48. The van der Waals surface area contributed by atoms with Crippen LogP contribution in [0.4, 0.5) is 0 Å². The van der Waals surface area contributed by atoms with Crippen LogP contribution in [0, 0.1) is 5.92 Å². The smallest absolute Gasteiger partial charge is 0.137 e. The van der Waals surface area contributed by atoms with Crippen molar-refractivity contribution in [1.29, 1.82) is 0 Å². The largest absolute Gasteiger partial charge is 0.381 e. The Kier molecular flexibility index (Phi) is 4.40. The molecular formula is C15H20N4O. The van der Waals surface area contributed by atoms with Crippen molar-refractivity contribution in [3.63, 3.8) is 0 Å². The van der Waals surface area contributed by atoms with E-state index in [9.17, 15) is 0 Å². The molecule has 5 heteroatoms. The monoisotopic (exact) mass is 272 g/mol. The van der Waals surface area contributed by atoms with Crippen LogP contribution >= 0.6 is 0 Å². The summed E-state index contributed by atoms with van der Waals surface area (Å²) in [6.45, 7) is 4.56. The van der Waals surface area contributed by atoms with Gasteiger partial charge in [0.2, 0.25) is 0 Å². The second-order valence-electron chi connectivity index (χ2n) is 5.27. The van der Waals surface area contributed by atoms with Crippen LogP contribution in [0.1, 0.15) is 17.5 Å². The first-order valence-electron chi connectivity index (χ1n) is 7.09. The summed E-state index contributed by atoms with van der Waals surface area (Å²) in [5.74, 6) is 0.682. The highest BCUT2D eigenvalue weighted by Gasteiger charge is 2.14. The molecule has 0 saturated carbocycles. The molecule has 0 aliphatic carbocycles. The molecule has 2 heterocycles. The van der Waals surface area contributed by atoms with Crippen LogP contribution < -0.4 is 5.32 Å². The molecule has 1 aliphatic rings. The fraction of sp³-hybridized carbons (Fsp3) is 0.467. The Balaban J connectivity index is 1.46. The lowest BCUT2D eigenvalue weighted by atomic mass is 10.1. The first kappa shape index (κ1) is 13.3. The fourth-order valence-electron chi connectivity index (χ4n) is 2.43. The molecule has 1 N–H and O–H groups in total. The summed E-state index contributed by atoms with van der Waals surface area (Å²) in [5, 5.41) is 7.61. The van der Waals surface area contributed by atoms with Gasteiger partial charge < -0.3 is 10.1 Å². The first-order valence-corrected chi connectivity index (χ1v) is 7.09. The van der Waals surface area contributed by atoms with Crippen molar-refractivity contribution >= 4 is 0 Å². The molecule has 1 aliphatic heterocycles. The van der Waals surface area contributed by atoms with Crippen LogP contribution in [0.25, 0.3) is 0 Å². The fourth-order valence-corrected chi connectivity index (χ4v) is 2.43. The van der Waals surface area contributed by atoms with Gasteiger partial charge in [-0.15, -0.1) is 0 Å². The van der Waals surface area contributed by atoms with Gasteiger partial charge in [0.15, 0.2) is 0 Å². The molecule has 0 amide bonds. The topological polar surface area (TPSA) is 52.0 Å². The van der Waals surface area contributed by atoms with E-state index in [1.165, 1.54) is 17.5 Å². The summed E-state index contributed by atoms with van der Waals surface area (Å²) >= 11 is 0. The van der Waals surface area contributed by atoms with Crippen LogP contribution in [0.3, 0.4) is 0 Å². The van der Waals surface area contributed by atoms with Crippen LogP contribution in [0.2, 0.25) is 0 Å². The van der Waals surface area contributed by atoms with Gasteiger partial charge in [0, 0.05) is 19.7 Å². The molecule has 0 spiro atoms. The van der Waals surface area contributed by atoms with E-state index in [4.69, 9.17) is 4.74 Å². The molecule has 0 bridgehead atoms. The Morgan fingerprint density at radius 1 is 1.25 bits per heavy atom. The van der Waals surface area contributed by atoms with Gasteiger partial charge in [0.25, 0.3) is 0 Å². The van der Waals surface area contributed by atoms with E-state index < -0.39 is 0 Å². The third-order valence-electron chi connectivity index (χ3n) is 3.62. The summed E-state index contributed by atoms with van der Waals surface area (Å²) < 4.78 is 7.20. The Bertz CT molecular complexity index is 503. The maximum atomic E-state index is 5.37. The molecule has 1 aromatic heterocycles. The van der Waals surface area contributed by atoms with Crippen molar-refractivity contribution in [2.45, 2.75) is 19.5 Å². The van der Waals surface area contributed by atoms with Crippen LogP contribution in [0.15, 0.2) is 36.9 Å². The Morgan fingerprint density at radius 3 is 2.80 bits per heavy atom. The van der Waals surface area contributed by atoms with Crippen molar-refractivity contribution in [3.05, 3.63) is 48.0 Å². The molecule has 1 saturated heterocycles. The normalized spacial score (nSPS) is 18.5. The second kappa shape index (κ2) is 6.63. The second-order valence-corrected chi connectivity index (χ2v) is 5.27. The lowest BCUT2D eigenvalue weighted by Crippen LogP contribution is -2.22. The number of hydrogen-bond donors (Lipinski definition) is 1. The van der Waals surface area contributed by atoms with Crippen LogP contribution in [-0.4, -0.2) is 34.5 Å². The van der Waals surface area contributed by atoms with Gasteiger partial charge in [-0.1, -0.05) is 24.3 Å². The summed E-state index contributed by atoms with van der Waals surface area (Å²) in [4.78, 5) is 3.95. The van der Waals surface area contributed by atoms with Crippen molar-refractivity contribution in [2.24, 2.45) is 5.92 Å². The minimum atomic E-state index is 0.682. The third kappa shape index (κ3) is 3.65. The predicted octanol–water partition coefficient (Wildman–Crippen LogP) is 1.45. The zero-order valence-electron chi connectivity index (χ0n) is 11.5. The lowest BCUT2D eigenvalue weighted by Gasteiger charge is -2.10. The van der Waals surface area contributed by atoms with E-state index >= 15 is 0 Å². The minimum Gasteiger partial charge on any atom is -0.381 e. The quantitative estimate of drug-likeness (QED) is 0.865. The van der Waals surface area contributed by atoms with E-state index in [0.717, 1.165) is 32.8 Å². The molecule has 3 rings (SSSR count). The molecule has 5 nitrogen and oxygen atoms in total. The molecule has 106 valence electrons. The standard InChI is InChI=1S/C15H20N4O/c1-3-14(9-19-12-17-11-18-19)4-2-13(1)7-16-8-15-5-6-20-10-15/h1-4,11-12,15-16H,5-10H2. The van der Waals surface area contributed by atoms with Gasteiger partial charge in [-0.2, -0.15) is 5.10 Å². The molecular weight excluding hydrogens is 252 g/mol. The molecule has 1 unspecified atom stereocenters. The highest BCUT2D eigenvalue weighted by Crippen LogP contribution is 2.11. The SMILES string of the molecule is c1ncn(Cc2ccc(CNCC3CCOC3)cc2)n1. The maximum Gasteiger partial charge on any atom is 0.137 e. The van der Waals surface area contributed by atoms with E-state index in [1.807, 2.05) is 4.68 Å². The van der Waals surface area contributed by atoms with Crippen molar-refractivity contribution in [1.82, 2.24) is 20.1 Å². The van der Waals surface area contributed by atoms with E-state index in [1.54, 1.807) is 12.7 Å². The Morgan fingerprint density at radius 2 is 2.10 bits per heavy atom. The number of benzene rings is 1. The summed E-state index contributed by atoms with van der Waals surface area (Å²) in [5.41, 5.74) is 2.55. The molecule has 20 heavy (non-hydrogen) atoms. The minimum absolute atomic E-state index is 0.682. The van der Waals surface area contributed by atoms with Gasteiger partial charge in [0.05, 0.1) is 13.2 Å². The predicted molar refractivity (Wildman–Crippen MR) is 76.2 cm³/mol. The van der Waals surface area contributed by atoms with E-state index in [2.05, 4.69) is 39.7 Å². The average molecular weight is 272 g/mol. The van der Waals surface area contributed by atoms with Crippen molar-refractivity contribution < 1.29 is 4.74 Å². The van der Waals surface area contributed by atoms with Gasteiger partial charge >= 0.3 is 0 Å². The molecule has 1 fully saturated rings. The van der Waals surface area contributed by atoms with Crippen molar-refractivity contribution in [3.8, 4) is 0 Å². The van der Waals surface area contributed by atoms with Gasteiger partial charge in [-0.25, -0.2) is 9.67 Å². The molecule has 2 aromatic rings. The van der Waals surface area contributed by atoms with Gasteiger partial charge in [-0.05, 0) is 23.5 Å². The Hall–Kier alpha value is -1.72. The number of rotatable bonds is 6. The molecule has 0 radical (unpaired) electrons. The first-order chi connectivity index (χ1) is 9.90. The summed E-state index contributed by atoms with van der Waals surface area (Å²) in [7, 11) is 0. The van der Waals surface area contributed by atoms with Gasteiger partial charge in [0.1, 0.15) is 12.7 Å². The average Bonchev–Trinajstić information content (AvgIpc) is 3.14. The van der Waals surface area contributed by atoms with E-state index in [-0.39, 0.29) is 0 Å². The summed E-state index contributed by atoms with van der Waals surface area (Å²) in [6, 6.07) is 8.64. The number of hydrogen-bond acceptors (Lipinski definition) is 4. The van der Waals surface area contributed by atoms with E-state index in [0.29, 0.717) is 5.92 Å². The maximum absolute atomic E-state index is 5.37. The highest BCUT2D eigenvalue weighted by molar-refractivity contribution is 5.22. The number of nitrogens with one attached hydrogen (secondary N) is 1. The number of ether oxygens (including phenoxy) is 1. The zero-order chi connectivity index (χ0) is 13.6. The van der Waals surface area contributed by atoms with Crippen LogP contribution in [-0.2, 0) is 17.8 Å².